The molecule has 23 heavy (non-hydrogen) atoms. The Hall–Kier alpha value is -3.42. The topological polar surface area (TPSA) is 144 Å². The first-order valence-corrected chi connectivity index (χ1v) is 6.82. The van der Waals surface area contributed by atoms with Crippen LogP contribution in [0.5, 0.6) is 0 Å². The summed E-state index contributed by atoms with van der Waals surface area (Å²) in [6.45, 7) is 0. The lowest BCUT2D eigenvalue weighted by Gasteiger charge is -2.08. The van der Waals surface area contributed by atoms with E-state index >= 15 is 0 Å². The summed E-state index contributed by atoms with van der Waals surface area (Å²) in [5.74, 6) is -1.07. The summed E-state index contributed by atoms with van der Waals surface area (Å²) >= 11 is 0. The number of benzene rings is 2. The number of hydrogen-bond donors (Lipinski definition) is 4. The van der Waals surface area contributed by atoms with Crippen LogP contribution >= 0.6 is 0 Å². The van der Waals surface area contributed by atoms with Gasteiger partial charge in [-0.25, -0.2) is 9.59 Å². The highest BCUT2D eigenvalue weighted by Crippen LogP contribution is 2.26. The standard InChI is InChI=1S/C15H12N4O4/c16-8-4-12-10(18-14(20)22-12)2-6(8)1-7-3-11-13(5-9(7)17)23-15(21)19-11/h2-5H,1,16-17H2,(H,18,20)(H,19,21). The Bertz CT molecular complexity index is 1070. The van der Waals surface area contributed by atoms with Crippen molar-refractivity contribution in [2.45, 2.75) is 6.42 Å². The number of rotatable bonds is 2. The predicted molar refractivity (Wildman–Crippen MR) is 85.3 cm³/mol. The third-order valence-electron chi connectivity index (χ3n) is 3.74. The van der Waals surface area contributed by atoms with Gasteiger partial charge in [0.05, 0.1) is 11.0 Å². The van der Waals surface area contributed by atoms with Gasteiger partial charge in [0.15, 0.2) is 11.2 Å². The second-order valence-electron chi connectivity index (χ2n) is 5.30. The van der Waals surface area contributed by atoms with E-state index in [0.29, 0.717) is 40.0 Å². The van der Waals surface area contributed by atoms with Gasteiger partial charge in [0, 0.05) is 29.9 Å². The number of fused-ring (bicyclic) bond motifs is 2. The van der Waals surface area contributed by atoms with E-state index in [4.69, 9.17) is 20.3 Å². The zero-order valence-electron chi connectivity index (χ0n) is 11.8. The molecule has 0 bridgehead atoms. The molecule has 0 aliphatic carbocycles. The number of hydrogen-bond acceptors (Lipinski definition) is 6. The van der Waals surface area contributed by atoms with Crippen LogP contribution in [0.15, 0.2) is 42.7 Å². The predicted octanol–water partition coefficient (Wildman–Crippen LogP) is 1.31. The van der Waals surface area contributed by atoms with E-state index in [9.17, 15) is 9.59 Å². The van der Waals surface area contributed by atoms with Gasteiger partial charge in [-0.2, -0.15) is 0 Å². The van der Waals surface area contributed by atoms with Gasteiger partial charge in [-0.05, 0) is 23.3 Å². The molecule has 2 aromatic heterocycles. The van der Waals surface area contributed by atoms with Gasteiger partial charge in [0.1, 0.15) is 0 Å². The molecule has 0 spiro atoms. The summed E-state index contributed by atoms with van der Waals surface area (Å²) < 4.78 is 9.94. The second-order valence-corrected chi connectivity index (χ2v) is 5.30. The van der Waals surface area contributed by atoms with Gasteiger partial charge in [-0.3, -0.25) is 9.97 Å². The van der Waals surface area contributed by atoms with E-state index in [0.717, 1.165) is 11.1 Å². The van der Waals surface area contributed by atoms with Crippen molar-refractivity contribution in [1.29, 1.82) is 0 Å². The van der Waals surface area contributed by atoms with E-state index in [-0.39, 0.29) is 0 Å². The van der Waals surface area contributed by atoms with Crippen LogP contribution < -0.4 is 23.0 Å². The first-order chi connectivity index (χ1) is 11.0. The number of oxazole rings is 2. The number of aromatic nitrogens is 2. The van der Waals surface area contributed by atoms with Gasteiger partial charge in [0.2, 0.25) is 0 Å². The lowest BCUT2D eigenvalue weighted by molar-refractivity contribution is 0.555. The molecule has 0 fully saturated rings. The van der Waals surface area contributed by atoms with Crippen molar-refractivity contribution in [2.75, 3.05) is 11.5 Å². The SMILES string of the molecule is Nc1cc2oc(=O)[nH]c2cc1Cc1cc2[nH]c(=O)oc2cc1N. The number of H-pyrrole nitrogens is 2. The second kappa shape index (κ2) is 4.54. The van der Waals surface area contributed by atoms with Gasteiger partial charge in [-0.15, -0.1) is 0 Å². The van der Waals surface area contributed by atoms with E-state index < -0.39 is 11.5 Å². The molecule has 4 aromatic rings. The molecule has 0 aliphatic rings. The summed E-state index contributed by atoms with van der Waals surface area (Å²) in [5.41, 5.74) is 16.5. The van der Waals surface area contributed by atoms with Crippen molar-refractivity contribution in [3.8, 4) is 0 Å². The van der Waals surface area contributed by atoms with E-state index in [1.54, 1.807) is 24.3 Å². The van der Waals surface area contributed by atoms with Crippen LogP contribution in [0.4, 0.5) is 11.4 Å². The van der Waals surface area contributed by atoms with Gasteiger partial charge >= 0.3 is 11.5 Å². The average Bonchev–Trinajstić information content (AvgIpc) is 3.00. The van der Waals surface area contributed by atoms with Crippen LogP contribution in [0.25, 0.3) is 22.2 Å². The maximum atomic E-state index is 11.2. The summed E-state index contributed by atoms with van der Waals surface area (Å²) in [7, 11) is 0. The van der Waals surface area contributed by atoms with Crippen LogP contribution in [-0.4, -0.2) is 9.97 Å². The van der Waals surface area contributed by atoms with E-state index in [1.165, 1.54) is 0 Å². The molecule has 2 aromatic carbocycles. The number of nitrogens with two attached hydrogens (primary N) is 2. The Morgan fingerprint density at radius 2 is 1.22 bits per heavy atom. The van der Waals surface area contributed by atoms with Crippen molar-refractivity contribution in [2.24, 2.45) is 0 Å². The molecule has 0 saturated heterocycles. The first kappa shape index (κ1) is 13.3. The van der Waals surface area contributed by atoms with Gasteiger partial charge < -0.3 is 20.3 Å². The van der Waals surface area contributed by atoms with Crippen molar-refractivity contribution in [1.82, 2.24) is 9.97 Å². The Morgan fingerprint density at radius 3 is 1.65 bits per heavy atom. The first-order valence-electron chi connectivity index (χ1n) is 6.82. The Labute approximate surface area is 127 Å². The fraction of sp³-hybridized carbons (Fsp3) is 0.0667. The fourth-order valence-corrected chi connectivity index (χ4v) is 2.63. The minimum Gasteiger partial charge on any atom is -0.408 e. The highest BCUT2D eigenvalue weighted by Gasteiger charge is 2.11. The Kier molecular flexibility index (Phi) is 2.61. The van der Waals surface area contributed by atoms with Crippen molar-refractivity contribution in [3.05, 3.63) is 56.5 Å². The molecule has 0 saturated carbocycles. The molecule has 0 radical (unpaired) electrons. The minimum absolute atomic E-state index is 0.402. The summed E-state index contributed by atoms with van der Waals surface area (Å²) in [4.78, 5) is 27.7. The summed E-state index contributed by atoms with van der Waals surface area (Å²) in [6.07, 6.45) is 0.434. The van der Waals surface area contributed by atoms with E-state index in [2.05, 4.69) is 9.97 Å². The monoisotopic (exact) mass is 312 g/mol. The van der Waals surface area contributed by atoms with Crippen LogP contribution in [-0.2, 0) is 6.42 Å². The third-order valence-corrected chi connectivity index (χ3v) is 3.74. The fourth-order valence-electron chi connectivity index (χ4n) is 2.63. The van der Waals surface area contributed by atoms with E-state index in [1.807, 2.05) is 0 Å². The smallest absolute Gasteiger partial charge is 0.408 e. The zero-order chi connectivity index (χ0) is 16.1. The molecule has 0 aliphatic heterocycles. The van der Waals surface area contributed by atoms with Crippen molar-refractivity contribution >= 4 is 33.6 Å². The van der Waals surface area contributed by atoms with Crippen LogP contribution in [0.1, 0.15) is 11.1 Å². The molecule has 4 rings (SSSR count). The summed E-state index contributed by atoms with van der Waals surface area (Å²) in [5, 5.41) is 0. The maximum Gasteiger partial charge on any atom is 0.417 e. The van der Waals surface area contributed by atoms with Crippen LogP contribution in [0, 0.1) is 0 Å². The quantitative estimate of drug-likeness (QED) is 0.411. The molecule has 116 valence electrons. The van der Waals surface area contributed by atoms with Gasteiger partial charge in [0.25, 0.3) is 0 Å². The zero-order valence-corrected chi connectivity index (χ0v) is 11.8. The number of anilines is 2. The molecule has 6 N–H and O–H groups in total. The Balaban J connectivity index is 1.83. The molecular weight excluding hydrogens is 300 g/mol. The van der Waals surface area contributed by atoms with Crippen molar-refractivity contribution < 1.29 is 8.83 Å². The summed E-state index contributed by atoms with van der Waals surface area (Å²) in [6, 6.07) is 6.68. The molecule has 0 unspecified atom stereocenters. The van der Waals surface area contributed by atoms with Crippen LogP contribution in [0.3, 0.4) is 0 Å². The van der Waals surface area contributed by atoms with Gasteiger partial charge in [-0.1, -0.05) is 0 Å². The molecule has 0 atom stereocenters. The minimum atomic E-state index is -0.534. The lowest BCUT2D eigenvalue weighted by atomic mass is 10.0. The number of nitrogen functional groups attached to an aromatic ring is 2. The Morgan fingerprint density at radius 1 is 0.783 bits per heavy atom. The number of nitrogens with one attached hydrogen (secondary N) is 2. The molecule has 2 heterocycles. The molecular formula is C15H12N4O4. The largest absolute Gasteiger partial charge is 0.417 e. The number of aromatic amines is 2. The normalized spacial score (nSPS) is 11.5. The highest BCUT2D eigenvalue weighted by atomic mass is 16.4. The lowest BCUT2D eigenvalue weighted by Crippen LogP contribution is -2.00. The maximum absolute atomic E-state index is 11.2. The third kappa shape index (κ3) is 2.16. The molecule has 0 amide bonds. The van der Waals surface area contributed by atoms with Crippen LogP contribution in [0.2, 0.25) is 0 Å². The van der Waals surface area contributed by atoms with Crippen molar-refractivity contribution in [3.63, 3.8) is 0 Å². The molecule has 8 heteroatoms. The molecule has 8 nitrogen and oxygen atoms in total. The highest BCUT2D eigenvalue weighted by molar-refractivity contribution is 5.81. The average molecular weight is 312 g/mol.